The molecule has 2 fully saturated rings. The number of nitrogens with one attached hydrogen (secondary N) is 1. The van der Waals surface area contributed by atoms with Gasteiger partial charge in [-0.25, -0.2) is 13.2 Å². The van der Waals surface area contributed by atoms with Crippen LogP contribution in [-0.2, 0) is 6.42 Å². The highest BCUT2D eigenvalue weighted by molar-refractivity contribution is 6.02. The molecule has 2 aliphatic rings. The van der Waals surface area contributed by atoms with Crippen LogP contribution in [0.25, 0.3) is 32.8 Å². The van der Waals surface area contributed by atoms with E-state index in [4.69, 9.17) is 4.74 Å². The summed E-state index contributed by atoms with van der Waals surface area (Å²) in [6.45, 7) is 3.21. The molecule has 0 saturated carbocycles. The second kappa shape index (κ2) is 8.37. The third-order valence-electron chi connectivity index (χ3n) is 7.26. The van der Waals surface area contributed by atoms with Gasteiger partial charge in [0, 0.05) is 30.6 Å². The highest BCUT2D eigenvalue weighted by Gasteiger charge is 2.34. The average Bonchev–Trinajstić information content (AvgIpc) is 3.21. The number of hydrogen-bond donors (Lipinski definition) is 1. The van der Waals surface area contributed by atoms with Crippen LogP contribution in [0.2, 0.25) is 0 Å². The van der Waals surface area contributed by atoms with Crippen LogP contribution < -0.4 is 15.0 Å². The zero-order chi connectivity index (χ0) is 24.3. The van der Waals surface area contributed by atoms with Gasteiger partial charge in [0.1, 0.15) is 23.0 Å². The van der Waals surface area contributed by atoms with Crippen molar-refractivity contribution < 1.29 is 17.9 Å². The zero-order valence-corrected chi connectivity index (χ0v) is 19.5. The van der Waals surface area contributed by atoms with E-state index < -0.39 is 17.5 Å². The lowest BCUT2D eigenvalue weighted by molar-refractivity contribution is 0.380. The summed E-state index contributed by atoms with van der Waals surface area (Å²) < 4.78 is 51.9. The van der Waals surface area contributed by atoms with E-state index in [0.717, 1.165) is 18.2 Å². The van der Waals surface area contributed by atoms with Crippen molar-refractivity contribution in [3.8, 4) is 17.1 Å². The van der Waals surface area contributed by atoms with Crippen molar-refractivity contribution >= 4 is 27.5 Å². The Bertz CT molecular complexity index is 1460. The van der Waals surface area contributed by atoms with Crippen molar-refractivity contribution in [2.45, 2.75) is 38.3 Å². The highest BCUT2D eigenvalue weighted by Crippen LogP contribution is 2.40. The number of hydrogen-bond acceptors (Lipinski definition) is 5. The van der Waals surface area contributed by atoms with Gasteiger partial charge in [0.05, 0.1) is 12.7 Å². The topological polar surface area (TPSA) is 50.3 Å². The van der Waals surface area contributed by atoms with Gasteiger partial charge in [0.25, 0.3) is 0 Å². The second-order valence-electron chi connectivity index (χ2n) is 9.30. The van der Waals surface area contributed by atoms with Crippen molar-refractivity contribution in [3.63, 3.8) is 0 Å². The molecular weight excluding hydrogens is 453 g/mol. The molecule has 5 nitrogen and oxygen atoms in total. The lowest BCUT2D eigenvalue weighted by atomic mass is 9.92. The van der Waals surface area contributed by atoms with Gasteiger partial charge in [0.15, 0.2) is 5.82 Å². The molecule has 3 aromatic carbocycles. The number of aromatic nitrogens is 2. The van der Waals surface area contributed by atoms with E-state index in [0.29, 0.717) is 59.3 Å². The molecule has 180 valence electrons. The molecule has 0 amide bonds. The van der Waals surface area contributed by atoms with Crippen molar-refractivity contribution in [2.24, 2.45) is 0 Å². The van der Waals surface area contributed by atoms with Crippen LogP contribution in [0.5, 0.6) is 6.01 Å². The number of ether oxygens (including phenoxy) is 1. The Hall–Kier alpha value is -3.39. The van der Waals surface area contributed by atoms with Crippen LogP contribution >= 0.6 is 0 Å². The summed E-state index contributed by atoms with van der Waals surface area (Å²) in [6, 6.07) is 10.1. The Morgan fingerprint density at radius 2 is 1.80 bits per heavy atom. The minimum atomic E-state index is -0.807. The van der Waals surface area contributed by atoms with Crippen molar-refractivity contribution in [2.75, 3.05) is 25.1 Å². The van der Waals surface area contributed by atoms with Crippen LogP contribution in [0, 0.1) is 17.5 Å². The Balaban J connectivity index is 1.61. The molecule has 6 rings (SSSR count). The molecule has 4 aromatic rings. The molecule has 0 spiro atoms. The fourth-order valence-corrected chi connectivity index (χ4v) is 5.69. The molecule has 2 bridgehead atoms. The Kier molecular flexibility index (Phi) is 5.29. The fourth-order valence-electron chi connectivity index (χ4n) is 5.69. The Labute approximate surface area is 200 Å². The zero-order valence-electron chi connectivity index (χ0n) is 19.5. The molecule has 1 aromatic heterocycles. The first kappa shape index (κ1) is 22.1. The van der Waals surface area contributed by atoms with Crippen LogP contribution in [-0.4, -0.2) is 42.3 Å². The van der Waals surface area contributed by atoms with Crippen molar-refractivity contribution in [1.29, 1.82) is 0 Å². The largest absolute Gasteiger partial charge is 0.467 e. The minimum absolute atomic E-state index is 0.0133. The molecule has 2 unspecified atom stereocenters. The standard InChI is InChI=1S/C27H25F3N4O/c1-3-17-20(28)10-7-14-5-4-6-18(22(14)17)23-21(29)11-19-25(24(23)30)32-27(35-2)33-26(19)34-12-15-8-9-16(13-34)31-15/h4-7,10-11,15-16,31H,3,8-9,12-13H2,1-2H3. The lowest BCUT2D eigenvalue weighted by Gasteiger charge is -2.34. The van der Waals surface area contributed by atoms with E-state index in [1.807, 2.05) is 13.0 Å². The monoisotopic (exact) mass is 478 g/mol. The van der Waals surface area contributed by atoms with E-state index in [9.17, 15) is 4.39 Å². The Morgan fingerprint density at radius 3 is 2.51 bits per heavy atom. The first-order valence-electron chi connectivity index (χ1n) is 11.9. The number of piperazine rings is 1. The molecular formula is C27H25F3N4O. The van der Waals surface area contributed by atoms with E-state index in [-0.39, 0.29) is 17.1 Å². The number of methoxy groups -OCH3 is 1. The van der Waals surface area contributed by atoms with Gasteiger partial charge in [-0.3, -0.25) is 0 Å². The molecule has 0 radical (unpaired) electrons. The van der Waals surface area contributed by atoms with Crippen LogP contribution in [0.1, 0.15) is 25.3 Å². The summed E-state index contributed by atoms with van der Waals surface area (Å²) in [5, 5.41) is 5.08. The summed E-state index contributed by atoms with van der Waals surface area (Å²) in [5.74, 6) is -1.47. The molecule has 0 aliphatic carbocycles. The number of nitrogens with zero attached hydrogens (tertiary/aromatic N) is 3. The van der Waals surface area contributed by atoms with Gasteiger partial charge in [-0.2, -0.15) is 9.97 Å². The molecule has 35 heavy (non-hydrogen) atoms. The van der Waals surface area contributed by atoms with Crippen LogP contribution in [0.15, 0.2) is 36.4 Å². The number of anilines is 1. The summed E-state index contributed by atoms with van der Waals surface area (Å²) in [6.07, 6.45) is 2.51. The third kappa shape index (κ3) is 3.50. The number of halogens is 3. The predicted octanol–water partition coefficient (Wildman–Crippen LogP) is 5.38. The molecule has 2 saturated heterocycles. The SMILES string of the molecule is CCc1c(F)ccc2cccc(-c3c(F)cc4c(N5CC6CCC(C5)N6)nc(OC)nc4c3F)c12. The molecule has 2 aliphatic heterocycles. The number of rotatable bonds is 4. The maximum atomic E-state index is 16.2. The van der Waals surface area contributed by atoms with Gasteiger partial charge in [0.2, 0.25) is 0 Å². The van der Waals surface area contributed by atoms with Crippen LogP contribution in [0.4, 0.5) is 19.0 Å². The van der Waals surface area contributed by atoms with E-state index in [1.54, 1.807) is 18.2 Å². The van der Waals surface area contributed by atoms with Gasteiger partial charge in [-0.1, -0.05) is 31.2 Å². The maximum Gasteiger partial charge on any atom is 0.318 e. The Morgan fingerprint density at radius 1 is 1.03 bits per heavy atom. The lowest BCUT2D eigenvalue weighted by Crippen LogP contribution is -2.51. The number of benzene rings is 3. The molecule has 2 atom stereocenters. The highest BCUT2D eigenvalue weighted by atomic mass is 19.1. The van der Waals surface area contributed by atoms with Crippen LogP contribution in [0.3, 0.4) is 0 Å². The van der Waals surface area contributed by atoms with E-state index in [1.165, 1.54) is 19.2 Å². The van der Waals surface area contributed by atoms with E-state index >= 15 is 8.78 Å². The summed E-state index contributed by atoms with van der Waals surface area (Å²) in [5.41, 5.74) is 0.486. The van der Waals surface area contributed by atoms with Gasteiger partial charge >= 0.3 is 6.01 Å². The molecule has 3 heterocycles. The summed E-state index contributed by atoms with van der Waals surface area (Å²) in [7, 11) is 1.43. The predicted molar refractivity (Wildman–Crippen MR) is 130 cm³/mol. The minimum Gasteiger partial charge on any atom is -0.467 e. The summed E-state index contributed by atoms with van der Waals surface area (Å²) >= 11 is 0. The van der Waals surface area contributed by atoms with Crippen molar-refractivity contribution in [3.05, 3.63) is 59.4 Å². The second-order valence-corrected chi connectivity index (χ2v) is 9.30. The van der Waals surface area contributed by atoms with Crippen molar-refractivity contribution in [1.82, 2.24) is 15.3 Å². The maximum absolute atomic E-state index is 16.2. The first-order valence-corrected chi connectivity index (χ1v) is 11.9. The first-order chi connectivity index (χ1) is 17.0. The number of fused-ring (bicyclic) bond motifs is 4. The molecule has 8 heteroatoms. The number of aryl methyl sites for hydroxylation is 1. The average molecular weight is 479 g/mol. The molecule has 1 N–H and O–H groups in total. The van der Waals surface area contributed by atoms with Gasteiger partial charge in [-0.15, -0.1) is 0 Å². The van der Waals surface area contributed by atoms with E-state index in [2.05, 4.69) is 20.2 Å². The van der Waals surface area contributed by atoms with Gasteiger partial charge in [-0.05, 0) is 53.3 Å². The quantitative estimate of drug-likeness (QED) is 0.427. The van der Waals surface area contributed by atoms with Gasteiger partial charge < -0.3 is 15.0 Å². The fraction of sp³-hybridized carbons (Fsp3) is 0.333. The smallest absolute Gasteiger partial charge is 0.318 e. The third-order valence-corrected chi connectivity index (χ3v) is 7.26. The summed E-state index contributed by atoms with van der Waals surface area (Å²) in [4.78, 5) is 10.8. The normalized spacial score (nSPS) is 19.6.